The normalized spacial score (nSPS) is 10.8. The molecular formula is C13H22N4O. The van der Waals surface area contributed by atoms with Gasteiger partial charge in [0.05, 0.1) is 11.3 Å². The molecule has 5 nitrogen and oxygen atoms in total. The van der Waals surface area contributed by atoms with Crippen molar-refractivity contribution in [1.29, 1.82) is 0 Å². The first kappa shape index (κ1) is 14.4. The predicted molar refractivity (Wildman–Crippen MR) is 73.9 cm³/mol. The van der Waals surface area contributed by atoms with Crippen LogP contribution in [0, 0.1) is 0 Å². The third-order valence-corrected chi connectivity index (χ3v) is 2.30. The van der Waals surface area contributed by atoms with E-state index in [0.717, 1.165) is 12.2 Å². The van der Waals surface area contributed by atoms with Gasteiger partial charge in [0.25, 0.3) is 5.91 Å². The smallest absolute Gasteiger partial charge is 0.252 e. The summed E-state index contributed by atoms with van der Waals surface area (Å²) < 4.78 is 0. The fourth-order valence-electron chi connectivity index (χ4n) is 1.47. The number of carbonyl (C=O) groups excluding carboxylic acids is 1. The van der Waals surface area contributed by atoms with E-state index in [0.29, 0.717) is 18.2 Å². The van der Waals surface area contributed by atoms with Gasteiger partial charge >= 0.3 is 0 Å². The zero-order valence-electron chi connectivity index (χ0n) is 11.5. The molecule has 0 aromatic carbocycles. The van der Waals surface area contributed by atoms with Gasteiger partial charge in [-0.25, -0.2) is 0 Å². The summed E-state index contributed by atoms with van der Waals surface area (Å²) in [5.74, 6) is -0.0863. The number of hydrogen-bond acceptors (Lipinski definition) is 4. The third-order valence-electron chi connectivity index (χ3n) is 2.30. The number of aromatic nitrogens is 1. The molecule has 0 aliphatic rings. The lowest BCUT2D eigenvalue weighted by molar-refractivity contribution is 0.0950. The Bertz CT molecular complexity index is 390. The summed E-state index contributed by atoms with van der Waals surface area (Å²) in [5, 5.41) is 6.09. The largest absolute Gasteiger partial charge is 0.382 e. The fourth-order valence-corrected chi connectivity index (χ4v) is 1.47. The molecule has 1 aromatic heterocycles. The molecule has 0 fully saturated rings. The maximum atomic E-state index is 11.9. The molecule has 0 saturated heterocycles. The Morgan fingerprint density at radius 1 is 1.39 bits per heavy atom. The van der Waals surface area contributed by atoms with Crippen molar-refractivity contribution in [2.24, 2.45) is 0 Å². The third kappa shape index (κ3) is 5.14. The Morgan fingerprint density at radius 3 is 2.72 bits per heavy atom. The van der Waals surface area contributed by atoms with E-state index in [1.807, 2.05) is 38.9 Å². The van der Waals surface area contributed by atoms with Crippen LogP contribution in [0.2, 0.25) is 0 Å². The molecule has 100 valence electrons. The average molecular weight is 250 g/mol. The van der Waals surface area contributed by atoms with Crippen LogP contribution in [-0.4, -0.2) is 49.0 Å². The highest BCUT2D eigenvalue weighted by Gasteiger charge is 2.06. The van der Waals surface area contributed by atoms with E-state index in [4.69, 9.17) is 0 Å². The molecule has 18 heavy (non-hydrogen) atoms. The first-order valence-electron chi connectivity index (χ1n) is 6.13. The van der Waals surface area contributed by atoms with Crippen molar-refractivity contribution in [1.82, 2.24) is 15.2 Å². The molecule has 0 aliphatic heterocycles. The summed E-state index contributed by atoms with van der Waals surface area (Å²) in [6, 6.07) is 2.14. The summed E-state index contributed by atoms with van der Waals surface area (Å²) in [4.78, 5) is 18.0. The van der Waals surface area contributed by atoms with Crippen LogP contribution in [-0.2, 0) is 0 Å². The molecule has 1 amide bonds. The Balaban J connectivity index is 2.57. The fraction of sp³-hybridized carbons (Fsp3) is 0.538. The predicted octanol–water partition coefficient (Wildman–Crippen LogP) is 1.19. The monoisotopic (exact) mass is 250 g/mol. The van der Waals surface area contributed by atoms with Crippen molar-refractivity contribution in [3.05, 3.63) is 24.0 Å². The molecule has 0 unspecified atom stereocenters. The van der Waals surface area contributed by atoms with Crippen LogP contribution < -0.4 is 10.6 Å². The number of carbonyl (C=O) groups is 1. The van der Waals surface area contributed by atoms with Gasteiger partial charge < -0.3 is 15.5 Å². The first-order chi connectivity index (χ1) is 8.49. The highest BCUT2D eigenvalue weighted by Crippen LogP contribution is 2.09. The van der Waals surface area contributed by atoms with Gasteiger partial charge in [-0.2, -0.15) is 0 Å². The average Bonchev–Trinajstić information content (AvgIpc) is 2.27. The number of likely N-dealkylation sites (N-methyl/N-ethyl adjacent to an activating group) is 1. The van der Waals surface area contributed by atoms with Gasteiger partial charge in [0.1, 0.15) is 0 Å². The van der Waals surface area contributed by atoms with Crippen molar-refractivity contribution >= 4 is 11.6 Å². The maximum absolute atomic E-state index is 11.9. The second-order valence-corrected chi connectivity index (χ2v) is 4.82. The molecule has 1 rings (SSSR count). The number of rotatable bonds is 6. The molecule has 1 heterocycles. The van der Waals surface area contributed by atoms with Crippen LogP contribution in [0.4, 0.5) is 5.69 Å². The SMILES string of the molecule is CC(C)Nc1cncc(C(=O)NCCN(C)C)c1. The van der Waals surface area contributed by atoms with Crippen LogP contribution in [0.15, 0.2) is 18.5 Å². The minimum Gasteiger partial charge on any atom is -0.382 e. The molecule has 1 aromatic rings. The van der Waals surface area contributed by atoms with Gasteiger partial charge in [-0.1, -0.05) is 0 Å². The molecule has 0 bridgehead atoms. The number of amides is 1. The van der Waals surface area contributed by atoms with Gasteiger partial charge in [-0.3, -0.25) is 9.78 Å². The van der Waals surface area contributed by atoms with Gasteiger partial charge in [0.15, 0.2) is 0 Å². The highest BCUT2D eigenvalue weighted by molar-refractivity contribution is 5.94. The minimum absolute atomic E-state index is 0.0863. The van der Waals surface area contributed by atoms with Crippen LogP contribution in [0.3, 0.4) is 0 Å². The van der Waals surface area contributed by atoms with Gasteiger partial charge in [0.2, 0.25) is 0 Å². The van der Waals surface area contributed by atoms with E-state index in [-0.39, 0.29) is 5.91 Å². The lowest BCUT2D eigenvalue weighted by atomic mass is 10.2. The Hall–Kier alpha value is -1.62. The Morgan fingerprint density at radius 2 is 2.11 bits per heavy atom. The lowest BCUT2D eigenvalue weighted by Crippen LogP contribution is -2.31. The molecule has 0 saturated carbocycles. The van der Waals surface area contributed by atoms with E-state index in [9.17, 15) is 4.79 Å². The van der Waals surface area contributed by atoms with Crippen molar-refractivity contribution in [2.45, 2.75) is 19.9 Å². The van der Waals surface area contributed by atoms with Crippen molar-refractivity contribution < 1.29 is 4.79 Å². The van der Waals surface area contributed by atoms with Crippen LogP contribution >= 0.6 is 0 Å². The van der Waals surface area contributed by atoms with Crippen molar-refractivity contribution in [3.8, 4) is 0 Å². The summed E-state index contributed by atoms with van der Waals surface area (Å²) in [5.41, 5.74) is 1.45. The van der Waals surface area contributed by atoms with Gasteiger partial charge in [-0.15, -0.1) is 0 Å². The number of nitrogens with one attached hydrogen (secondary N) is 2. The zero-order chi connectivity index (χ0) is 13.5. The highest BCUT2D eigenvalue weighted by atomic mass is 16.1. The molecule has 2 N–H and O–H groups in total. The number of nitrogens with zero attached hydrogens (tertiary/aromatic N) is 2. The Kier molecular flexibility index (Phi) is 5.58. The number of pyridine rings is 1. The van der Waals surface area contributed by atoms with Crippen molar-refractivity contribution in [2.75, 3.05) is 32.5 Å². The lowest BCUT2D eigenvalue weighted by Gasteiger charge is -2.12. The van der Waals surface area contributed by atoms with Crippen LogP contribution in [0.25, 0.3) is 0 Å². The summed E-state index contributed by atoms with van der Waals surface area (Å²) in [7, 11) is 3.95. The topological polar surface area (TPSA) is 57.3 Å². The first-order valence-corrected chi connectivity index (χ1v) is 6.13. The molecule has 0 atom stereocenters. The molecule has 5 heteroatoms. The van der Waals surface area contributed by atoms with E-state index in [1.165, 1.54) is 0 Å². The standard InChI is InChI=1S/C13H22N4O/c1-10(2)16-12-7-11(8-14-9-12)13(18)15-5-6-17(3)4/h7-10,16H,5-6H2,1-4H3,(H,15,18). The van der Waals surface area contributed by atoms with Crippen LogP contribution in [0.1, 0.15) is 24.2 Å². The van der Waals surface area contributed by atoms with Gasteiger partial charge in [-0.05, 0) is 34.0 Å². The molecular weight excluding hydrogens is 228 g/mol. The number of anilines is 1. The van der Waals surface area contributed by atoms with Crippen LogP contribution in [0.5, 0.6) is 0 Å². The Labute approximate surface area is 109 Å². The quantitative estimate of drug-likeness (QED) is 0.796. The molecule has 0 radical (unpaired) electrons. The second kappa shape index (κ2) is 6.96. The maximum Gasteiger partial charge on any atom is 0.252 e. The van der Waals surface area contributed by atoms with Gasteiger partial charge in [0, 0.05) is 31.5 Å². The summed E-state index contributed by atoms with van der Waals surface area (Å²) >= 11 is 0. The molecule has 0 spiro atoms. The minimum atomic E-state index is -0.0863. The van der Waals surface area contributed by atoms with E-state index in [2.05, 4.69) is 15.6 Å². The number of hydrogen-bond donors (Lipinski definition) is 2. The summed E-state index contributed by atoms with van der Waals surface area (Å²) in [6.07, 6.45) is 3.30. The molecule has 0 aliphatic carbocycles. The van der Waals surface area contributed by atoms with E-state index < -0.39 is 0 Å². The van der Waals surface area contributed by atoms with Crippen molar-refractivity contribution in [3.63, 3.8) is 0 Å². The van der Waals surface area contributed by atoms with E-state index in [1.54, 1.807) is 12.4 Å². The van der Waals surface area contributed by atoms with E-state index >= 15 is 0 Å². The second-order valence-electron chi connectivity index (χ2n) is 4.82. The zero-order valence-corrected chi connectivity index (χ0v) is 11.5. The summed E-state index contributed by atoms with van der Waals surface area (Å²) in [6.45, 7) is 5.55.